The predicted molar refractivity (Wildman–Crippen MR) is 120 cm³/mol. The summed E-state index contributed by atoms with van der Waals surface area (Å²) in [6.45, 7) is 4.16. The normalized spacial score (nSPS) is 12.7. The van der Waals surface area contributed by atoms with E-state index < -0.39 is 0 Å². The van der Waals surface area contributed by atoms with Gasteiger partial charge in [0.15, 0.2) is 0 Å². The largest absolute Gasteiger partial charge is 0.497 e. The summed E-state index contributed by atoms with van der Waals surface area (Å²) in [6, 6.07) is 16.0. The molecule has 0 saturated carbocycles. The summed E-state index contributed by atoms with van der Waals surface area (Å²) in [5, 5.41) is 6.79. The van der Waals surface area contributed by atoms with Gasteiger partial charge in [-0.05, 0) is 65.2 Å². The maximum atomic E-state index is 5.22. The van der Waals surface area contributed by atoms with Gasteiger partial charge in [0.25, 0.3) is 0 Å². The van der Waals surface area contributed by atoms with Crippen molar-refractivity contribution in [1.29, 1.82) is 0 Å². The number of methoxy groups -OCH3 is 2. The van der Waals surface area contributed by atoms with Crippen LogP contribution >= 0.6 is 15.9 Å². The van der Waals surface area contributed by atoms with Crippen LogP contribution in [0.15, 0.2) is 59.2 Å². The summed E-state index contributed by atoms with van der Waals surface area (Å²) in [4.78, 5) is 9.03. The number of aromatic nitrogens is 2. The van der Waals surface area contributed by atoms with Crippen LogP contribution in [0.1, 0.15) is 37.1 Å². The minimum absolute atomic E-state index is 0.0499. The molecule has 0 spiro atoms. The molecule has 2 aromatic carbocycles. The van der Waals surface area contributed by atoms with Crippen LogP contribution in [0.3, 0.4) is 0 Å². The van der Waals surface area contributed by atoms with Gasteiger partial charge in [-0.15, -0.1) is 0 Å². The molecule has 6 nitrogen and oxygen atoms in total. The molecule has 0 aliphatic carbocycles. The van der Waals surface area contributed by atoms with Gasteiger partial charge >= 0.3 is 0 Å². The Balaban J connectivity index is 1.71. The van der Waals surface area contributed by atoms with Crippen molar-refractivity contribution >= 4 is 27.7 Å². The molecule has 0 saturated heterocycles. The van der Waals surface area contributed by atoms with Gasteiger partial charge < -0.3 is 20.1 Å². The number of benzene rings is 2. The molecule has 152 valence electrons. The van der Waals surface area contributed by atoms with Gasteiger partial charge in [0, 0.05) is 12.2 Å². The van der Waals surface area contributed by atoms with E-state index in [-0.39, 0.29) is 12.1 Å². The molecule has 2 atom stereocenters. The number of ether oxygens (including phenoxy) is 2. The molecule has 2 N–H and O–H groups in total. The van der Waals surface area contributed by atoms with Crippen LogP contribution in [0, 0.1) is 0 Å². The van der Waals surface area contributed by atoms with E-state index in [0.29, 0.717) is 5.95 Å². The first-order chi connectivity index (χ1) is 14.0. The fourth-order valence-corrected chi connectivity index (χ4v) is 3.19. The lowest BCUT2D eigenvalue weighted by Gasteiger charge is -2.18. The number of nitrogens with zero attached hydrogens (tertiary/aromatic N) is 2. The van der Waals surface area contributed by atoms with Gasteiger partial charge in [-0.25, -0.2) is 4.98 Å². The highest BCUT2D eigenvalue weighted by molar-refractivity contribution is 9.10. The molecule has 3 rings (SSSR count). The number of rotatable bonds is 8. The van der Waals surface area contributed by atoms with Crippen molar-refractivity contribution in [1.82, 2.24) is 9.97 Å². The SMILES string of the molecule is COc1ccc([C@@H](C)Nc2ncc(Br)c(N[C@H](C)c3ccc(OC)cc3)n2)cc1. The van der Waals surface area contributed by atoms with Crippen molar-refractivity contribution in [2.24, 2.45) is 0 Å². The summed E-state index contributed by atoms with van der Waals surface area (Å²) in [6.07, 6.45) is 1.75. The standard InChI is InChI=1S/C22H25BrN4O2/c1-14(16-5-9-18(28-3)10-6-16)25-21-20(23)13-24-22(27-21)26-15(2)17-7-11-19(29-4)12-8-17/h5-15H,1-4H3,(H2,24,25,26,27)/t14-,15-/m1/s1. The van der Waals surface area contributed by atoms with Crippen molar-refractivity contribution in [2.75, 3.05) is 24.9 Å². The third-order valence-corrected chi connectivity index (χ3v) is 5.25. The van der Waals surface area contributed by atoms with Gasteiger partial charge in [0.05, 0.1) is 24.7 Å². The minimum Gasteiger partial charge on any atom is -0.497 e. The first-order valence-corrected chi connectivity index (χ1v) is 10.1. The number of halogens is 1. The van der Waals surface area contributed by atoms with Gasteiger partial charge in [0.2, 0.25) is 5.95 Å². The summed E-state index contributed by atoms with van der Waals surface area (Å²) >= 11 is 3.53. The van der Waals surface area contributed by atoms with Crippen molar-refractivity contribution in [3.05, 3.63) is 70.3 Å². The zero-order valence-electron chi connectivity index (χ0n) is 16.9. The van der Waals surface area contributed by atoms with Crippen LogP contribution in [0.25, 0.3) is 0 Å². The predicted octanol–water partition coefficient (Wildman–Crippen LogP) is 5.60. The van der Waals surface area contributed by atoms with E-state index in [4.69, 9.17) is 9.47 Å². The highest BCUT2D eigenvalue weighted by atomic mass is 79.9. The second-order valence-corrected chi connectivity index (χ2v) is 7.52. The highest BCUT2D eigenvalue weighted by Crippen LogP contribution is 2.27. The van der Waals surface area contributed by atoms with Crippen LogP contribution < -0.4 is 20.1 Å². The average molecular weight is 457 g/mol. The molecule has 0 unspecified atom stereocenters. The summed E-state index contributed by atoms with van der Waals surface area (Å²) in [5.74, 6) is 2.96. The van der Waals surface area contributed by atoms with E-state index in [2.05, 4.69) is 50.4 Å². The van der Waals surface area contributed by atoms with Crippen LogP contribution in [0.2, 0.25) is 0 Å². The average Bonchev–Trinajstić information content (AvgIpc) is 2.76. The molecule has 7 heteroatoms. The Morgan fingerprint density at radius 3 is 1.76 bits per heavy atom. The topological polar surface area (TPSA) is 68.3 Å². The molecule has 3 aromatic rings. The molecule has 0 fully saturated rings. The number of anilines is 2. The molecule has 29 heavy (non-hydrogen) atoms. The fourth-order valence-electron chi connectivity index (χ4n) is 2.89. The highest BCUT2D eigenvalue weighted by Gasteiger charge is 2.13. The molecular formula is C22H25BrN4O2. The first kappa shape index (κ1) is 20.9. The third-order valence-electron chi connectivity index (χ3n) is 4.67. The van der Waals surface area contributed by atoms with Crippen molar-refractivity contribution in [3.8, 4) is 11.5 Å². The molecule has 1 heterocycles. The fraction of sp³-hybridized carbons (Fsp3) is 0.273. The van der Waals surface area contributed by atoms with E-state index in [1.807, 2.05) is 48.5 Å². The van der Waals surface area contributed by atoms with Crippen molar-refractivity contribution in [2.45, 2.75) is 25.9 Å². The zero-order valence-corrected chi connectivity index (χ0v) is 18.5. The Morgan fingerprint density at radius 2 is 1.28 bits per heavy atom. The zero-order chi connectivity index (χ0) is 20.8. The molecule has 0 aliphatic heterocycles. The quantitative estimate of drug-likeness (QED) is 0.459. The summed E-state index contributed by atoms with van der Waals surface area (Å²) < 4.78 is 11.2. The molecule has 0 bridgehead atoms. The Bertz CT molecular complexity index is 933. The van der Waals surface area contributed by atoms with Crippen LogP contribution in [-0.2, 0) is 0 Å². The maximum absolute atomic E-state index is 5.22. The Hall–Kier alpha value is -2.80. The summed E-state index contributed by atoms with van der Waals surface area (Å²) in [5.41, 5.74) is 2.26. The van der Waals surface area contributed by atoms with Gasteiger partial charge in [-0.2, -0.15) is 4.98 Å². The molecule has 1 aromatic heterocycles. The van der Waals surface area contributed by atoms with Gasteiger partial charge in [-0.3, -0.25) is 0 Å². The van der Waals surface area contributed by atoms with Crippen LogP contribution in [0.5, 0.6) is 11.5 Å². The molecule has 0 aliphatic rings. The number of nitrogens with one attached hydrogen (secondary N) is 2. The molecule has 0 radical (unpaired) electrons. The van der Waals surface area contributed by atoms with Crippen molar-refractivity contribution in [3.63, 3.8) is 0 Å². The van der Waals surface area contributed by atoms with E-state index >= 15 is 0 Å². The molecular weight excluding hydrogens is 432 g/mol. The number of hydrogen-bond acceptors (Lipinski definition) is 6. The molecule has 0 amide bonds. The van der Waals surface area contributed by atoms with Crippen LogP contribution in [0.4, 0.5) is 11.8 Å². The van der Waals surface area contributed by atoms with E-state index in [0.717, 1.165) is 32.9 Å². The third kappa shape index (κ3) is 5.38. The van der Waals surface area contributed by atoms with Crippen LogP contribution in [-0.4, -0.2) is 24.2 Å². The van der Waals surface area contributed by atoms with E-state index in [1.54, 1.807) is 20.4 Å². The number of hydrogen-bond donors (Lipinski definition) is 2. The Kier molecular flexibility index (Phi) is 6.93. The van der Waals surface area contributed by atoms with Gasteiger partial charge in [-0.1, -0.05) is 24.3 Å². The van der Waals surface area contributed by atoms with E-state index in [9.17, 15) is 0 Å². The van der Waals surface area contributed by atoms with Crippen molar-refractivity contribution < 1.29 is 9.47 Å². The summed E-state index contributed by atoms with van der Waals surface area (Å²) in [7, 11) is 3.32. The Morgan fingerprint density at radius 1 is 0.793 bits per heavy atom. The van der Waals surface area contributed by atoms with Gasteiger partial charge in [0.1, 0.15) is 17.3 Å². The minimum atomic E-state index is 0.0499. The smallest absolute Gasteiger partial charge is 0.225 e. The second kappa shape index (κ2) is 9.60. The first-order valence-electron chi connectivity index (χ1n) is 9.33. The maximum Gasteiger partial charge on any atom is 0.225 e. The Labute approximate surface area is 179 Å². The lowest BCUT2D eigenvalue weighted by molar-refractivity contribution is 0.414. The monoisotopic (exact) mass is 456 g/mol. The lowest BCUT2D eigenvalue weighted by Crippen LogP contribution is -2.13. The van der Waals surface area contributed by atoms with E-state index in [1.165, 1.54) is 0 Å². The lowest BCUT2D eigenvalue weighted by atomic mass is 10.1. The second-order valence-electron chi connectivity index (χ2n) is 6.67.